The van der Waals surface area contributed by atoms with Crippen LogP contribution in [0.2, 0.25) is 0 Å². The van der Waals surface area contributed by atoms with E-state index < -0.39 is 5.25 Å². The van der Waals surface area contributed by atoms with Crippen LogP contribution in [-0.4, -0.2) is 11.0 Å². The maximum absolute atomic E-state index is 12.8. The van der Waals surface area contributed by atoms with Crippen molar-refractivity contribution in [3.05, 3.63) is 90.4 Å². The van der Waals surface area contributed by atoms with Crippen molar-refractivity contribution in [3.8, 4) is 0 Å². The van der Waals surface area contributed by atoms with Gasteiger partial charge in [-0.25, -0.2) is 0 Å². The molecule has 0 saturated heterocycles. The van der Waals surface area contributed by atoms with Crippen LogP contribution >= 0.6 is 24.0 Å². The summed E-state index contributed by atoms with van der Waals surface area (Å²) in [6.07, 6.45) is 1.60. The third-order valence-corrected chi connectivity index (χ3v) is 5.15. The van der Waals surface area contributed by atoms with E-state index in [-0.39, 0.29) is 5.91 Å². The molecule has 0 unspecified atom stereocenters. The Labute approximate surface area is 167 Å². The topological polar surface area (TPSA) is 66.3 Å². The summed E-state index contributed by atoms with van der Waals surface area (Å²) < 4.78 is 5.23. The fraction of sp³-hybridized carbons (Fsp3) is 0.100. The summed E-state index contributed by atoms with van der Waals surface area (Å²) in [4.78, 5) is 13.8. The molecule has 1 aromatic heterocycles. The molecule has 0 fully saturated rings. The zero-order chi connectivity index (χ0) is 18.9. The molecule has 5 nitrogen and oxygen atoms in total. The highest BCUT2D eigenvalue weighted by atomic mass is 32.2. The minimum Gasteiger partial charge on any atom is -0.467 e. The largest absolute Gasteiger partial charge is 0.467 e. The maximum Gasteiger partial charge on any atom is 0.256 e. The number of amides is 1. The Hall–Kier alpha value is -2.77. The number of thioether (sulfide) groups is 1. The van der Waals surface area contributed by atoms with Gasteiger partial charge in [0.2, 0.25) is 0 Å². The van der Waals surface area contributed by atoms with E-state index in [1.54, 1.807) is 12.3 Å². The summed E-state index contributed by atoms with van der Waals surface area (Å²) in [5.74, 6) is 0.574. The SMILES string of the molecule is O=C(NNC(=S)NCc1ccco1)[C@H](Sc1ccccc1)c1ccccc1. The van der Waals surface area contributed by atoms with Gasteiger partial charge in [-0.3, -0.25) is 15.6 Å². The lowest BCUT2D eigenvalue weighted by Crippen LogP contribution is -2.47. The third-order valence-electron chi connectivity index (χ3n) is 3.64. The van der Waals surface area contributed by atoms with Crippen molar-refractivity contribution in [2.45, 2.75) is 16.7 Å². The second-order valence-electron chi connectivity index (χ2n) is 5.60. The van der Waals surface area contributed by atoms with Gasteiger partial charge in [-0.2, -0.15) is 0 Å². The van der Waals surface area contributed by atoms with Gasteiger partial charge in [0.1, 0.15) is 11.0 Å². The standard InChI is InChI=1S/C20H19N3O2S2/c24-19(22-23-20(26)21-14-16-10-7-13-25-16)18(15-8-3-1-4-9-15)27-17-11-5-2-6-12-17/h1-13,18H,14H2,(H,22,24)(H2,21,23,26)/t18-/m1/s1. The number of hydrogen-bond donors (Lipinski definition) is 3. The van der Waals surface area contributed by atoms with Crippen LogP contribution in [0.3, 0.4) is 0 Å². The lowest BCUT2D eigenvalue weighted by atomic mass is 10.1. The normalized spacial score (nSPS) is 11.4. The average molecular weight is 398 g/mol. The highest BCUT2D eigenvalue weighted by Gasteiger charge is 2.22. The molecule has 3 N–H and O–H groups in total. The van der Waals surface area contributed by atoms with Crippen LogP contribution in [0.25, 0.3) is 0 Å². The minimum atomic E-state index is -0.408. The van der Waals surface area contributed by atoms with Crippen LogP contribution in [0.4, 0.5) is 0 Å². The number of thiocarbonyl (C=S) groups is 1. The predicted molar refractivity (Wildman–Crippen MR) is 111 cm³/mol. The molecule has 27 heavy (non-hydrogen) atoms. The average Bonchev–Trinajstić information content (AvgIpc) is 3.24. The number of benzene rings is 2. The van der Waals surface area contributed by atoms with E-state index in [1.807, 2.05) is 66.7 Å². The van der Waals surface area contributed by atoms with E-state index in [1.165, 1.54) is 11.8 Å². The first-order chi connectivity index (χ1) is 13.2. The molecule has 0 radical (unpaired) electrons. The molecule has 0 bridgehead atoms. The van der Waals surface area contributed by atoms with Crippen LogP contribution in [0.15, 0.2) is 88.4 Å². The van der Waals surface area contributed by atoms with Gasteiger partial charge in [-0.1, -0.05) is 48.5 Å². The smallest absolute Gasteiger partial charge is 0.256 e. The molecular formula is C20H19N3O2S2. The van der Waals surface area contributed by atoms with Gasteiger partial charge in [-0.15, -0.1) is 11.8 Å². The summed E-state index contributed by atoms with van der Waals surface area (Å²) in [5, 5.41) is 2.88. The number of furan rings is 1. The molecule has 1 heterocycles. The van der Waals surface area contributed by atoms with Gasteiger partial charge in [0, 0.05) is 4.90 Å². The maximum atomic E-state index is 12.8. The van der Waals surface area contributed by atoms with Crippen LogP contribution in [0.1, 0.15) is 16.6 Å². The quantitative estimate of drug-likeness (QED) is 0.334. The summed E-state index contributed by atoms with van der Waals surface area (Å²) >= 11 is 6.68. The fourth-order valence-electron chi connectivity index (χ4n) is 2.34. The Kier molecular flexibility index (Phi) is 6.90. The molecular weight excluding hydrogens is 378 g/mol. The lowest BCUT2D eigenvalue weighted by molar-refractivity contribution is -0.121. The van der Waals surface area contributed by atoms with Gasteiger partial charge in [0.25, 0.3) is 5.91 Å². The van der Waals surface area contributed by atoms with Crippen molar-refractivity contribution in [1.82, 2.24) is 16.2 Å². The van der Waals surface area contributed by atoms with Crippen molar-refractivity contribution in [3.63, 3.8) is 0 Å². The van der Waals surface area contributed by atoms with E-state index in [9.17, 15) is 4.79 Å². The predicted octanol–water partition coefficient (Wildman–Crippen LogP) is 3.81. The summed E-state index contributed by atoms with van der Waals surface area (Å²) in [6.45, 7) is 0.440. The second-order valence-corrected chi connectivity index (χ2v) is 7.18. The molecule has 0 saturated carbocycles. The Morgan fingerprint density at radius 3 is 2.33 bits per heavy atom. The zero-order valence-corrected chi connectivity index (χ0v) is 16.1. The Morgan fingerprint density at radius 2 is 1.67 bits per heavy atom. The molecule has 2 aromatic carbocycles. The van der Waals surface area contributed by atoms with Gasteiger partial charge in [-0.05, 0) is 42.0 Å². The Morgan fingerprint density at radius 1 is 0.963 bits per heavy atom. The Balaban J connectivity index is 1.59. The summed E-state index contributed by atoms with van der Waals surface area (Å²) in [7, 11) is 0. The fourth-order valence-corrected chi connectivity index (χ4v) is 3.51. The van der Waals surface area contributed by atoms with E-state index in [0.717, 1.165) is 16.2 Å². The lowest BCUT2D eigenvalue weighted by Gasteiger charge is -2.18. The molecule has 0 aliphatic heterocycles. The first-order valence-electron chi connectivity index (χ1n) is 8.35. The molecule has 1 amide bonds. The van der Waals surface area contributed by atoms with Crippen LogP contribution in [-0.2, 0) is 11.3 Å². The van der Waals surface area contributed by atoms with E-state index >= 15 is 0 Å². The second kappa shape index (κ2) is 9.80. The van der Waals surface area contributed by atoms with Crippen LogP contribution < -0.4 is 16.2 Å². The molecule has 1 atom stereocenters. The molecule has 0 spiro atoms. The third kappa shape index (κ3) is 5.87. The summed E-state index contributed by atoms with van der Waals surface area (Å²) in [6, 6.07) is 23.1. The van der Waals surface area contributed by atoms with Crippen LogP contribution in [0, 0.1) is 0 Å². The van der Waals surface area contributed by atoms with Gasteiger partial charge in [0.05, 0.1) is 12.8 Å². The van der Waals surface area contributed by atoms with Crippen molar-refractivity contribution < 1.29 is 9.21 Å². The van der Waals surface area contributed by atoms with Crippen molar-refractivity contribution in [1.29, 1.82) is 0 Å². The molecule has 3 rings (SSSR count). The van der Waals surface area contributed by atoms with E-state index in [0.29, 0.717) is 11.7 Å². The molecule has 0 aliphatic rings. The van der Waals surface area contributed by atoms with Crippen LogP contribution in [0.5, 0.6) is 0 Å². The monoisotopic (exact) mass is 397 g/mol. The number of hydrazine groups is 1. The van der Waals surface area contributed by atoms with Gasteiger partial charge in [0.15, 0.2) is 5.11 Å². The number of hydrogen-bond acceptors (Lipinski definition) is 4. The Bertz CT molecular complexity index is 855. The van der Waals surface area contributed by atoms with E-state index in [2.05, 4.69) is 16.2 Å². The number of carbonyl (C=O) groups excluding carboxylic acids is 1. The van der Waals surface area contributed by atoms with Crippen molar-refractivity contribution in [2.75, 3.05) is 0 Å². The molecule has 0 aliphatic carbocycles. The summed E-state index contributed by atoms with van der Waals surface area (Å²) in [5.41, 5.74) is 6.35. The van der Waals surface area contributed by atoms with Crippen molar-refractivity contribution in [2.24, 2.45) is 0 Å². The van der Waals surface area contributed by atoms with Gasteiger partial charge < -0.3 is 9.73 Å². The first kappa shape index (κ1) is 19.0. The first-order valence-corrected chi connectivity index (χ1v) is 9.64. The number of carbonyl (C=O) groups is 1. The van der Waals surface area contributed by atoms with Crippen molar-refractivity contribution >= 4 is 35.0 Å². The number of rotatable bonds is 6. The number of nitrogens with one attached hydrogen (secondary N) is 3. The van der Waals surface area contributed by atoms with E-state index in [4.69, 9.17) is 16.6 Å². The molecule has 138 valence electrons. The minimum absolute atomic E-state index is 0.183. The highest BCUT2D eigenvalue weighted by molar-refractivity contribution is 8.00. The molecule has 3 aromatic rings. The van der Waals surface area contributed by atoms with Gasteiger partial charge >= 0.3 is 0 Å². The zero-order valence-electron chi connectivity index (χ0n) is 14.4. The molecule has 7 heteroatoms. The highest BCUT2D eigenvalue weighted by Crippen LogP contribution is 2.35.